The number of carbonyl (C=O) groups excluding carboxylic acids is 3. The fourth-order valence-electron chi connectivity index (χ4n) is 8.34. The Kier molecular flexibility index (Phi) is 8.50. The first-order valence-corrected chi connectivity index (χ1v) is 20.2. The summed E-state index contributed by atoms with van der Waals surface area (Å²) in [4.78, 5) is 46.0. The van der Waals surface area contributed by atoms with Crippen LogP contribution in [0.15, 0.2) is 71.2 Å². The Morgan fingerprint density at radius 1 is 1.08 bits per heavy atom. The van der Waals surface area contributed by atoms with Crippen LogP contribution >= 0.6 is 15.9 Å². The molecule has 0 saturated carbocycles. The highest BCUT2D eigenvalue weighted by Gasteiger charge is 2.67. The van der Waals surface area contributed by atoms with Gasteiger partial charge in [-0.25, -0.2) is 4.79 Å². The number of fused-ring (bicyclic) bond motifs is 3. The van der Waals surface area contributed by atoms with Crippen molar-refractivity contribution in [1.82, 2.24) is 4.90 Å². The number of nitrogens with zero attached hydrogens (tertiary/aromatic N) is 3. The Labute approximate surface area is 288 Å². The summed E-state index contributed by atoms with van der Waals surface area (Å²) >= 11 is 3.58. The topological polar surface area (TPSA) is 99.6 Å². The number of amides is 3. The van der Waals surface area contributed by atoms with Crippen LogP contribution in [0.3, 0.4) is 0 Å². The summed E-state index contributed by atoms with van der Waals surface area (Å²) in [6.45, 7) is 6.26. The zero-order chi connectivity index (χ0) is 34.0. The van der Waals surface area contributed by atoms with Crippen molar-refractivity contribution >= 4 is 53.6 Å². The lowest BCUT2D eigenvalue weighted by Crippen LogP contribution is -2.48. The standard InChI is InChI=1S/C36H39BrFN3O6Si/c1-22-33(48(2,3)38)31(18-32(43)40-20-25-9-5-4-8-24(25)16-28(40)21-42)47-36(22)29-17-26(37)11-12-30(29)41(34(36)44)19-23-7-6-10-27(15-23)39-13-14-46-35(39)45/h4-12,15,17,22,28,31,33,42H,13-14,16,18-21H2,1-3H3/t22-,28-,31+,33-,36+/m0/s1. The molecule has 5 atom stereocenters. The van der Waals surface area contributed by atoms with Crippen LogP contribution < -0.4 is 9.80 Å². The summed E-state index contributed by atoms with van der Waals surface area (Å²) in [5.41, 5.74) is 2.79. The number of hydrogen-bond acceptors (Lipinski definition) is 6. The Balaban J connectivity index is 1.22. The van der Waals surface area contributed by atoms with Crippen molar-refractivity contribution in [1.29, 1.82) is 0 Å². The quantitative estimate of drug-likeness (QED) is 0.234. The SMILES string of the molecule is C[C@H]1[C@H]([Si](C)(C)F)[C@@H](CC(=O)N2Cc3ccccc3C[C@H]2CO)O[C@]12C(=O)N(Cc1cccc(N3CCOC3=O)c1)c1ccc(Br)cc12. The molecule has 252 valence electrons. The molecule has 0 bridgehead atoms. The third-order valence-corrected chi connectivity index (χ3v) is 13.5. The fraction of sp³-hybridized carbons (Fsp3) is 0.417. The van der Waals surface area contributed by atoms with Crippen LogP contribution in [0.25, 0.3) is 0 Å². The molecule has 0 unspecified atom stereocenters. The molecule has 1 N–H and O–H groups in total. The van der Waals surface area contributed by atoms with Gasteiger partial charge in [-0.2, -0.15) is 0 Å². The summed E-state index contributed by atoms with van der Waals surface area (Å²) in [6, 6.07) is 20.5. The van der Waals surface area contributed by atoms with Gasteiger partial charge in [0.2, 0.25) is 14.3 Å². The molecule has 4 aliphatic rings. The third-order valence-electron chi connectivity index (χ3n) is 10.5. The summed E-state index contributed by atoms with van der Waals surface area (Å²) in [5, 5.41) is 10.2. The highest BCUT2D eigenvalue weighted by atomic mass is 79.9. The molecule has 9 nitrogen and oxygen atoms in total. The zero-order valence-corrected chi connectivity index (χ0v) is 29.8. The summed E-state index contributed by atoms with van der Waals surface area (Å²) in [5.74, 6) is -1.09. The molecule has 1 spiro atoms. The van der Waals surface area contributed by atoms with E-state index in [1.54, 1.807) is 27.8 Å². The van der Waals surface area contributed by atoms with Crippen LogP contribution in [-0.4, -0.2) is 68.2 Å². The molecule has 3 amide bonds. The number of anilines is 2. The van der Waals surface area contributed by atoms with Gasteiger partial charge in [-0.05, 0) is 66.5 Å². The molecule has 7 rings (SSSR count). The van der Waals surface area contributed by atoms with E-state index in [1.165, 1.54) is 0 Å². The second-order valence-corrected chi connectivity index (χ2v) is 18.5. The van der Waals surface area contributed by atoms with E-state index in [-0.39, 0.29) is 31.4 Å². The van der Waals surface area contributed by atoms with E-state index < -0.39 is 43.7 Å². The van der Waals surface area contributed by atoms with Crippen molar-refractivity contribution in [2.75, 3.05) is 29.6 Å². The average molecular weight is 737 g/mol. The molecule has 0 aliphatic carbocycles. The number of rotatable bonds is 7. The van der Waals surface area contributed by atoms with E-state index in [0.717, 1.165) is 21.2 Å². The monoisotopic (exact) mass is 735 g/mol. The first kappa shape index (κ1) is 32.9. The van der Waals surface area contributed by atoms with Crippen molar-refractivity contribution < 1.29 is 33.1 Å². The molecule has 0 aromatic heterocycles. The maximum atomic E-state index is 16.4. The van der Waals surface area contributed by atoms with Crippen LogP contribution in [0.5, 0.6) is 0 Å². The molecule has 12 heteroatoms. The number of halogens is 2. The van der Waals surface area contributed by atoms with E-state index in [0.29, 0.717) is 43.1 Å². The number of carbonyl (C=O) groups is 3. The maximum Gasteiger partial charge on any atom is 0.414 e. The van der Waals surface area contributed by atoms with E-state index in [2.05, 4.69) is 15.9 Å². The fourth-order valence-corrected chi connectivity index (χ4v) is 11.2. The van der Waals surface area contributed by atoms with Crippen molar-refractivity contribution in [2.24, 2.45) is 5.92 Å². The summed E-state index contributed by atoms with van der Waals surface area (Å²) in [6.07, 6.45) is -0.807. The zero-order valence-electron chi connectivity index (χ0n) is 27.2. The molecular weight excluding hydrogens is 697 g/mol. The number of ether oxygens (including phenoxy) is 2. The smallest absolute Gasteiger partial charge is 0.414 e. The minimum atomic E-state index is -3.51. The van der Waals surface area contributed by atoms with Crippen LogP contribution in [-0.2, 0) is 44.2 Å². The van der Waals surface area contributed by atoms with Gasteiger partial charge in [0.05, 0.1) is 44.0 Å². The molecule has 2 saturated heterocycles. The van der Waals surface area contributed by atoms with Crippen molar-refractivity contribution in [3.8, 4) is 0 Å². The van der Waals surface area contributed by atoms with Crippen LogP contribution in [0.2, 0.25) is 18.6 Å². The number of hydrogen-bond donors (Lipinski definition) is 1. The van der Waals surface area contributed by atoms with Gasteiger partial charge in [0.1, 0.15) is 6.61 Å². The first-order chi connectivity index (χ1) is 22.9. The number of aliphatic hydroxyl groups excluding tert-OH is 1. The Morgan fingerprint density at radius 3 is 2.56 bits per heavy atom. The predicted octanol–water partition coefficient (Wildman–Crippen LogP) is 6.06. The van der Waals surface area contributed by atoms with Gasteiger partial charge in [-0.3, -0.25) is 14.5 Å². The van der Waals surface area contributed by atoms with Gasteiger partial charge in [0.15, 0.2) is 5.60 Å². The van der Waals surface area contributed by atoms with E-state index >= 15 is 4.11 Å². The molecule has 0 radical (unpaired) electrons. The van der Waals surface area contributed by atoms with Crippen LogP contribution in [0.4, 0.5) is 20.3 Å². The molecule has 3 aromatic rings. The van der Waals surface area contributed by atoms with Gasteiger partial charge in [-0.1, -0.05) is 59.3 Å². The lowest BCUT2D eigenvalue weighted by atomic mass is 9.82. The highest BCUT2D eigenvalue weighted by molar-refractivity contribution is 9.10. The number of cyclic esters (lactones) is 1. The number of benzene rings is 3. The number of aliphatic hydroxyl groups is 1. The summed E-state index contributed by atoms with van der Waals surface area (Å²) < 4.78 is 29.2. The highest BCUT2D eigenvalue weighted by Crippen LogP contribution is 2.60. The van der Waals surface area contributed by atoms with Gasteiger partial charge >= 0.3 is 6.09 Å². The van der Waals surface area contributed by atoms with Gasteiger partial charge < -0.3 is 28.5 Å². The second-order valence-electron chi connectivity index (χ2n) is 13.8. The van der Waals surface area contributed by atoms with Crippen LogP contribution in [0, 0.1) is 5.92 Å². The van der Waals surface area contributed by atoms with E-state index in [1.807, 2.05) is 73.7 Å². The molecular formula is C36H39BrFN3O6Si. The molecule has 3 aromatic carbocycles. The van der Waals surface area contributed by atoms with Crippen LogP contribution in [0.1, 0.15) is 35.6 Å². The van der Waals surface area contributed by atoms with Gasteiger partial charge in [-0.15, -0.1) is 0 Å². The van der Waals surface area contributed by atoms with E-state index in [4.69, 9.17) is 9.47 Å². The van der Waals surface area contributed by atoms with E-state index in [9.17, 15) is 19.5 Å². The Bertz CT molecular complexity index is 1790. The second kappa shape index (κ2) is 12.4. The minimum Gasteiger partial charge on any atom is -0.447 e. The lowest BCUT2D eigenvalue weighted by molar-refractivity contribution is -0.151. The normalized spacial score (nSPS) is 26.7. The minimum absolute atomic E-state index is 0.0969. The maximum absolute atomic E-state index is 16.4. The lowest BCUT2D eigenvalue weighted by Gasteiger charge is -2.37. The molecule has 4 heterocycles. The first-order valence-electron chi connectivity index (χ1n) is 16.4. The molecule has 4 aliphatic heterocycles. The van der Waals surface area contributed by atoms with Gasteiger partial charge in [0.25, 0.3) is 5.91 Å². The Hall–Kier alpha value is -3.58. The molecule has 48 heavy (non-hydrogen) atoms. The predicted molar refractivity (Wildman–Crippen MR) is 185 cm³/mol. The van der Waals surface area contributed by atoms with Gasteiger partial charge in [0, 0.05) is 33.7 Å². The van der Waals surface area contributed by atoms with Crippen molar-refractivity contribution in [3.05, 3.63) is 93.5 Å². The molecule has 2 fully saturated rings. The summed E-state index contributed by atoms with van der Waals surface area (Å²) in [7, 11) is -3.51. The third kappa shape index (κ3) is 5.46. The van der Waals surface area contributed by atoms with Crippen molar-refractivity contribution in [3.63, 3.8) is 0 Å². The van der Waals surface area contributed by atoms with Crippen molar-refractivity contribution in [2.45, 2.75) is 69.2 Å². The average Bonchev–Trinajstić information content (AvgIpc) is 3.69. The Morgan fingerprint density at radius 2 is 1.85 bits per heavy atom. The largest absolute Gasteiger partial charge is 0.447 e.